The first-order valence-corrected chi connectivity index (χ1v) is 16.6. The molecule has 3 N–H and O–H groups in total. The number of aliphatic imine (C=N–C) groups is 1. The summed E-state index contributed by atoms with van der Waals surface area (Å²) in [7, 11) is 0. The number of aromatic nitrogens is 4. The number of halogens is 1. The zero-order chi connectivity index (χ0) is 33.3. The number of pyridine rings is 2. The van der Waals surface area contributed by atoms with E-state index in [0.29, 0.717) is 33.5 Å². The maximum Gasteiger partial charge on any atom is 0.164 e. The fraction of sp³-hybridized carbons (Fsp3) is 0.250. The van der Waals surface area contributed by atoms with Crippen LogP contribution in [0.2, 0.25) is 0 Å². The van der Waals surface area contributed by atoms with Gasteiger partial charge in [-0.25, -0.2) is 19.3 Å². The van der Waals surface area contributed by atoms with E-state index in [-0.39, 0.29) is 11.8 Å². The highest BCUT2D eigenvalue weighted by atomic mass is 32.2. The molecule has 5 aromatic rings. The van der Waals surface area contributed by atoms with Crippen molar-refractivity contribution in [1.82, 2.24) is 29.7 Å². The lowest BCUT2D eigenvalue weighted by molar-refractivity contribution is 0.198. The van der Waals surface area contributed by atoms with Gasteiger partial charge in [0.05, 0.1) is 23.1 Å². The van der Waals surface area contributed by atoms with Crippen LogP contribution in [0.4, 0.5) is 15.9 Å². The number of nitrogens with one attached hydrogen (secondary N) is 1. The molecule has 6 rings (SSSR count). The number of anilines is 1. The van der Waals surface area contributed by atoms with Gasteiger partial charge in [-0.2, -0.15) is 5.26 Å². The lowest BCUT2D eigenvalue weighted by Gasteiger charge is -2.33. The number of likely N-dealkylation sites (tertiary alicyclic amines) is 1. The van der Waals surface area contributed by atoms with Gasteiger partial charge in [0.15, 0.2) is 11.5 Å². The maximum atomic E-state index is 14.3. The van der Waals surface area contributed by atoms with Crippen LogP contribution in [0.15, 0.2) is 89.5 Å². The molecule has 1 saturated heterocycles. The predicted molar refractivity (Wildman–Crippen MR) is 190 cm³/mol. The van der Waals surface area contributed by atoms with Gasteiger partial charge < -0.3 is 11.1 Å². The van der Waals surface area contributed by atoms with Crippen molar-refractivity contribution in [3.05, 3.63) is 96.6 Å². The van der Waals surface area contributed by atoms with Gasteiger partial charge in [0.1, 0.15) is 17.2 Å². The molecule has 4 heterocycles. The lowest BCUT2D eigenvalue weighted by atomic mass is 10.0. The predicted octanol–water partition coefficient (Wildman–Crippen LogP) is 7.40. The maximum absolute atomic E-state index is 14.3. The first kappa shape index (κ1) is 33.3. The van der Waals surface area contributed by atoms with E-state index in [2.05, 4.69) is 68.8 Å². The van der Waals surface area contributed by atoms with E-state index in [1.807, 2.05) is 42.7 Å². The van der Waals surface area contributed by atoms with Crippen LogP contribution in [-0.2, 0) is 6.54 Å². The minimum atomic E-state index is -0.410. The summed E-state index contributed by atoms with van der Waals surface area (Å²) in [4.78, 5) is 20.8. The van der Waals surface area contributed by atoms with E-state index in [0.717, 1.165) is 54.9 Å². The molecule has 0 bridgehead atoms. The zero-order valence-electron chi connectivity index (χ0n) is 26.7. The summed E-state index contributed by atoms with van der Waals surface area (Å²) in [5, 5.41) is 12.6. The van der Waals surface area contributed by atoms with Crippen molar-refractivity contribution in [2.75, 3.05) is 24.6 Å². The first-order valence-electron chi connectivity index (χ1n) is 15.6. The highest BCUT2D eigenvalue weighted by molar-refractivity contribution is 7.99. The number of rotatable bonds is 10. The summed E-state index contributed by atoms with van der Waals surface area (Å²) in [6.45, 7) is 14.4. The van der Waals surface area contributed by atoms with E-state index in [9.17, 15) is 4.39 Å². The van der Waals surface area contributed by atoms with E-state index >= 15 is 0 Å². The summed E-state index contributed by atoms with van der Waals surface area (Å²) >= 11 is 1.31. The van der Waals surface area contributed by atoms with Crippen LogP contribution in [0, 0.1) is 17.1 Å². The molecule has 0 amide bonds. The molecule has 11 heteroatoms. The molecule has 0 unspecified atom stereocenters. The molecule has 0 radical (unpaired) electrons. The molecule has 1 fully saturated rings. The number of benzene rings is 2. The molecule has 2 aromatic carbocycles. The SMILES string of the molecule is C=Nc1cc(F)cc(C(=C)NC2CCN(Cc3ccc(-n4c(-c5cccnc5N)nc5cccnc54)cc3)CC2)c1SCC#N.CC. The van der Waals surface area contributed by atoms with Crippen LogP contribution in [-0.4, -0.2) is 56.0 Å². The van der Waals surface area contributed by atoms with Crippen LogP contribution < -0.4 is 11.1 Å². The minimum Gasteiger partial charge on any atom is -0.383 e. The molecule has 0 saturated carbocycles. The Morgan fingerprint density at radius 1 is 1.11 bits per heavy atom. The number of nitrogens with two attached hydrogens (primary N) is 1. The summed E-state index contributed by atoms with van der Waals surface area (Å²) in [6, 6.07) is 21.1. The molecule has 1 aliphatic heterocycles. The smallest absolute Gasteiger partial charge is 0.164 e. The van der Waals surface area contributed by atoms with Gasteiger partial charge in [0.25, 0.3) is 0 Å². The minimum absolute atomic E-state index is 0.203. The number of thioether (sulfide) groups is 1. The fourth-order valence-electron chi connectivity index (χ4n) is 5.69. The molecule has 0 atom stereocenters. The average Bonchev–Trinajstić information content (AvgIpc) is 3.49. The number of nitrogen functional groups attached to an aromatic ring is 1. The van der Waals surface area contributed by atoms with Crippen LogP contribution in [0.3, 0.4) is 0 Å². The van der Waals surface area contributed by atoms with Crippen LogP contribution in [0.25, 0.3) is 33.9 Å². The van der Waals surface area contributed by atoms with E-state index < -0.39 is 5.82 Å². The molecule has 9 nitrogen and oxygen atoms in total. The third-order valence-corrected chi connectivity index (χ3v) is 8.86. The third-order valence-electron chi connectivity index (χ3n) is 7.87. The Bertz CT molecular complexity index is 1900. The summed E-state index contributed by atoms with van der Waals surface area (Å²) in [5.74, 6) is 0.931. The van der Waals surface area contributed by atoms with Gasteiger partial charge in [-0.05, 0) is 67.6 Å². The first-order chi connectivity index (χ1) is 22.9. The zero-order valence-corrected chi connectivity index (χ0v) is 27.5. The van der Waals surface area contributed by atoms with E-state index in [1.54, 1.807) is 12.4 Å². The highest BCUT2D eigenvalue weighted by Crippen LogP contribution is 2.37. The molecule has 0 aliphatic carbocycles. The number of imidazole rings is 1. The quantitative estimate of drug-likeness (QED) is 0.119. The number of piperidine rings is 1. The van der Waals surface area contributed by atoms with Gasteiger partial charge in [0.2, 0.25) is 0 Å². The Balaban J connectivity index is 0.00000213. The molecule has 1 aliphatic rings. The van der Waals surface area contributed by atoms with Crippen LogP contribution in [0.5, 0.6) is 0 Å². The van der Waals surface area contributed by atoms with Gasteiger partial charge in [-0.15, -0.1) is 11.8 Å². The van der Waals surface area contributed by atoms with Crippen molar-refractivity contribution in [2.45, 2.75) is 44.2 Å². The second kappa shape index (κ2) is 15.5. The Hall–Kier alpha value is -5.05. The second-order valence-electron chi connectivity index (χ2n) is 10.8. The topological polar surface area (TPSA) is 121 Å². The van der Waals surface area contributed by atoms with Crippen molar-refractivity contribution >= 4 is 46.8 Å². The van der Waals surface area contributed by atoms with Gasteiger partial charge in [-0.1, -0.05) is 32.6 Å². The Morgan fingerprint density at radius 3 is 2.53 bits per heavy atom. The Kier molecular flexibility index (Phi) is 11.0. The number of hydrogen-bond donors (Lipinski definition) is 2. The average molecular weight is 648 g/mol. The molecule has 47 heavy (non-hydrogen) atoms. The summed E-state index contributed by atoms with van der Waals surface area (Å²) < 4.78 is 16.4. The molecule has 0 spiro atoms. The highest BCUT2D eigenvalue weighted by Gasteiger charge is 2.22. The molecular formula is C36H38FN9S. The lowest BCUT2D eigenvalue weighted by Crippen LogP contribution is -2.41. The normalized spacial score (nSPS) is 13.4. The monoisotopic (exact) mass is 647 g/mol. The van der Waals surface area contributed by atoms with E-state index in [1.165, 1.54) is 29.5 Å². The fourth-order valence-corrected chi connectivity index (χ4v) is 6.51. The van der Waals surface area contributed by atoms with Crippen molar-refractivity contribution < 1.29 is 4.39 Å². The number of fused-ring (bicyclic) bond motifs is 1. The van der Waals surface area contributed by atoms with E-state index in [4.69, 9.17) is 16.0 Å². The molecule has 3 aromatic heterocycles. The third kappa shape index (κ3) is 7.51. The van der Waals surface area contributed by atoms with Crippen LogP contribution >= 0.6 is 11.8 Å². The second-order valence-corrected chi connectivity index (χ2v) is 11.8. The Morgan fingerprint density at radius 2 is 1.83 bits per heavy atom. The van der Waals surface area contributed by atoms with Crippen molar-refractivity contribution in [3.63, 3.8) is 0 Å². The number of nitrogens with zero attached hydrogens (tertiary/aromatic N) is 7. The number of hydrogen-bond acceptors (Lipinski definition) is 9. The largest absolute Gasteiger partial charge is 0.383 e. The molecule has 240 valence electrons. The van der Waals surface area contributed by atoms with Gasteiger partial charge in [0, 0.05) is 66.0 Å². The van der Waals surface area contributed by atoms with Crippen molar-refractivity contribution in [1.29, 1.82) is 5.26 Å². The summed E-state index contributed by atoms with van der Waals surface area (Å²) in [6.07, 6.45) is 5.27. The van der Waals surface area contributed by atoms with Gasteiger partial charge in [-0.3, -0.25) is 14.5 Å². The van der Waals surface area contributed by atoms with Gasteiger partial charge >= 0.3 is 0 Å². The summed E-state index contributed by atoms with van der Waals surface area (Å²) in [5.41, 5.74) is 12.3. The van der Waals surface area contributed by atoms with Crippen molar-refractivity contribution in [2.24, 2.45) is 4.99 Å². The van der Waals surface area contributed by atoms with Crippen LogP contribution in [0.1, 0.15) is 37.8 Å². The Labute approximate surface area is 279 Å². The molecular weight excluding hydrogens is 610 g/mol. The number of nitriles is 1. The van der Waals surface area contributed by atoms with Crippen molar-refractivity contribution in [3.8, 4) is 23.1 Å². The standard InChI is InChI=1S/C34H32FN9S.C2H6/c1-22(28-19-24(35)20-30(38-2)31(28)45-18-13-36)41-25-11-16-43(17-12-25)21-23-7-9-26(10-8-23)44-33(27-5-3-14-39-32(27)37)42-29-6-4-15-40-34(29)44;1-2/h3-10,14-15,19-20,25,41H,1-2,11-12,16-18,21H2,(H2,37,39);1-2H3.